The van der Waals surface area contributed by atoms with Gasteiger partial charge in [-0.3, -0.25) is 4.79 Å². The fourth-order valence-corrected chi connectivity index (χ4v) is 5.36. The van der Waals surface area contributed by atoms with Gasteiger partial charge in [-0.1, -0.05) is 53.4 Å². The van der Waals surface area contributed by atoms with Crippen LogP contribution in [0.25, 0.3) is 0 Å². The van der Waals surface area contributed by atoms with Gasteiger partial charge in [0, 0.05) is 26.7 Å². The molecule has 1 aliphatic rings. The highest BCUT2D eigenvalue weighted by Gasteiger charge is 2.27. The molecule has 0 bridgehead atoms. The second kappa shape index (κ2) is 10.8. The second-order valence-corrected chi connectivity index (χ2v) is 9.58. The van der Waals surface area contributed by atoms with Crippen LogP contribution in [0, 0.1) is 5.92 Å². The zero-order valence-corrected chi connectivity index (χ0v) is 18.1. The average molecular weight is 421 g/mol. The number of amides is 1. The van der Waals surface area contributed by atoms with E-state index in [1.807, 2.05) is 11.8 Å². The summed E-state index contributed by atoms with van der Waals surface area (Å²) in [6.45, 7) is 4.98. The van der Waals surface area contributed by atoms with Gasteiger partial charge in [0.25, 0.3) is 0 Å². The van der Waals surface area contributed by atoms with Crippen molar-refractivity contribution in [1.82, 2.24) is 15.1 Å². The van der Waals surface area contributed by atoms with E-state index in [9.17, 15) is 4.79 Å². The Morgan fingerprint density at radius 2 is 2.07 bits per heavy atom. The molecule has 1 N–H and O–H groups in total. The van der Waals surface area contributed by atoms with Crippen LogP contribution in [0.15, 0.2) is 34.7 Å². The Morgan fingerprint density at radius 3 is 2.79 bits per heavy atom. The molecule has 0 aliphatic carbocycles. The maximum atomic E-state index is 12.8. The number of thioether (sulfide) groups is 1. The van der Waals surface area contributed by atoms with Crippen molar-refractivity contribution in [2.75, 3.05) is 38.7 Å². The smallest absolute Gasteiger partial charge is 0.235 e. The lowest BCUT2D eigenvalue weighted by atomic mass is 9.90. The molecule has 0 radical (unpaired) electrons. The van der Waals surface area contributed by atoms with Crippen LogP contribution in [0.1, 0.15) is 25.3 Å². The van der Waals surface area contributed by atoms with Crippen molar-refractivity contribution in [3.63, 3.8) is 0 Å². The molecule has 152 valence electrons. The molecule has 1 atom stereocenters. The summed E-state index contributed by atoms with van der Waals surface area (Å²) in [7, 11) is 1.67. The van der Waals surface area contributed by atoms with Gasteiger partial charge in [-0.05, 0) is 37.7 Å². The van der Waals surface area contributed by atoms with Gasteiger partial charge in [0.2, 0.25) is 11.0 Å². The predicted molar refractivity (Wildman–Crippen MR) is 115 cm³/mol. The number of aromatic nitrogens is 2. The summed E-state index contributed by atoms with van der Waals surface area (Å²) >= 11 is 2.97. The monoisotopic (exact) mass is 420 g/mol. The molecule has 0 spiro atoms. The Hall–Kier alpha value is -1.64. The second-order valence-electron chi connectivity index (χ2n) is 7.01. The van der Waals surface area contributed by atoms with Crippen LogP contribution in [0.5, 0.6) is 0 Å². The quantitative estimate of drug-likeness (QED) is 0.494. The third kappa shape index (κ3) is 6.18. The summed E-state index contributed by atoms with van der Waals surface area (Å²) in [4.78, 5) is 14.8. The first-order valence-electron chi connectivity index (χ1n) is 9.71. The standard InChI is InChI=1S/C20H28N4O2S2/c1-15(27-20-23-22-19(28-20)21-10-13-26-2)18(25)24-11-8-17(9-12-24)14-16-6-4-3-5-7-16/h3-7,15,17H,8-14H2,1-2H3,(H,21,22). The lowest BCUT2D eigenvalue weighted by Gasteiger charge is -2.33. The molecular weight excluding hydrogens is 392 g/mol. The van der Waals surface area contributed by atoms with E-state index < -0.39 is 0 Å². The van der Waals surface area contributed by atoms with Crippen molar-refractivity contribution in [3.8, 4) is 0 Å². The molecule has 0 saturated carbocycles. The minimum Gasteiger partial charge on any atom is -0.383 e. The molecule has 1 saturated heterocycles. The first-order valence-corrected chi connectivity index (χ1v) is 11.4. The Kier molecular flexibility index (Phi) is 8.12. The Balaban J connectivity index is 1.43. The zero-order chi connectivity index (χ0) is 19.8. The molecule has 1 aliphatic heterocycles. The average Bonchev–Trinajstić information content (AvgIpc) is 3.16. The van der Waals surface area contributed by atoms with Crippen LogP contribution in [0.3, 0.4) is 0 Å². The van der Waals surface area contributed by atoms with Crippen LogP contribution >= 0.6 is 23.1 Å². The van der Waals surface area contributed by atoms with E-state index in [2.05, 4.69) is 45.8 Å². The maximum absolute atomic E-state index is 12.8. The van der Waals surface area contributed by atoms with Gasteiger partial charge in [-0.2, -0.15) is 0 Å². The molecule has 6 nitrogen and oxygen atoms in total. The summed E-state index contributed by atoms with van der Waals surface area (Å²) in [6, 6.07) is 10.6. The lowest BCUT2D eigenvalue weighted by molar-refractivity contribution is -0.131. The summed E-state index contributed by atoms with van der Waals surface area (Å²) < 4.78 is 5.83. The minimum atomic E-state index is -0.148. The number of methoxy groups -OCH3 is 1. The molecule has 2 aromatic rings. The van der Waals surface area contributed by atoms with Gasteiger partial charge in [-0.25, -0.2) is 0 Å². The highest BCUT2D eigenvalue weighted by Crippen LogP contribution is 2.30. The third-order valence-corrected chi connectivity index (χ3v) is 6.96. The number of ether oxygens (including phenoxy) is 1. The predicted octanol–water partition coefficient (Wildman–Crippen LogP) is 3.56. The highest BCUT2D eigenvalue weighted by atomic mass is 32.2. The number of nitrogens with one attached hydrogen (secondary N) is 1. The normalized spacial score (nSPS) is 16.1. The van der Waals surface area contributed by atoms with Gasteiger partial charge >= 0.3 is 0 Å². The summed E-state index contributed by atoms with van der Waals surface area (Å²) in [5, 5.41) is 12.1. The summed E-state index contributed by atoms with van der Waals surface area (Å²) in [6.07, 6.45) is 3.26. The van der Waals surface area contributed by atoms with Crippen LogP contribution in [0.4, 0.5) is 5.13 Å². The number of benzene rings is 1. The largest absolute Gasteiger partial charge is 0.383 e. The number of anilines is 1. The first kappa shape index (κ1) is 21.1. The molecule has 2 heterocycles. The molecule has 1 aromatic carbocycles. The Labute approximate surface area is 175 Å². The zero-order valence-electron chi connectivity index (χ0n) is 16.5. The van der Waals surface area contributed by atoms with Gasteiger partial charge in [0.05, 0.1) is 11.9 Å². The van der Waals surface area contributed by atoms with E-state index in [0.29, 0.717) is 19.1 Å². The first-order chi connectivity index (χ1) is 13.7. The number of hydrogen-bond donors (Lipinski definition) is 1. The number of hydrogen-bond acceptors (Lipinski definition) is 7. The fourth-order valence-electron chi connectivity index (χ4n) is 3.35. The van der Waals surface area contributed by atoms with Crippen molar-refractivity contribution in [3.05, 3.63) is 35.9 Å². The number of piperidine rings is 1. The van der Waals surface area contributed by atoms with Crippen molar-refractivity contribution in [1.29, 1.82) is 0 Å². The molecule has 1 unspecified atom stereocenters. The minimum absolute atomic E-state index is 0.148. The van der Waals surface area contributed by atoms with E-state index in [1.165, 1.54) is 28.7 Å². The number of carbonyl (C=O) groups is 1. The molecular formula is C20H28N4O2S2. The van der Waals surface area contributed by atoms with Crippen LogP contribution in [0.2, 0.25) is 0 Å². The van der Waals surface area contributed by atoms with E-state index in [4.69, 9.17) is 4.74 Å². The fraction of sp³-hybridized carbons (Fsp3) is 0.550. The molecule has 1 aromatic heterocycles. The maximum Gasteiger partial charge on any atom is 0.235 e. The number of nitrogens with zero attached hydrogens (tertiary/aromatic N) is 3. The van der Waals surface area contributed by atoms with Crippen molar-refractivity contribution in [2.45, 2.75) is 35.8 Å². The highest BCUT2D eigenvalue weighted by molar-refractivity contribution is 8.02. The number of rotatable bonds is 9. The molecule has 1 fully saturated rings. The van der Waals surface area contributed by atoms with Crippen molar-refractivity contribution < 1.29 is 9.53 Å². The number of carbonyl (C=O) groups excluding carboxylic acids is 1. The summed E-state index contributed by atoms with van der Waals surface area (Å²) in [5.41, 5.74) is 1.39. The van der Waals surface area contributed by atoms with E-state index in [1.54, 1.807) is 7.11 Å². The Morgan fingerprint density at radius 1 is 1.32 bits per heavy atom. The van der Waals surface area contributed by atoms with Gasteiger partial charge < -0.3 is 15.0 Å². The molecule has 3 rings (SSSR count). The van der Waals surface area contributed by atoms with E-state index in [-0.39, 0.29) is 11.2 Å². The van der Waals surface area contributed by atoms with Crippen molar-refractivity contribution in [2.24, 2.45) is 5.92 Å². The van der Waals surface area contributed by atoms with Gasteiger partial charge in [0.15, 0.2) is 4.34 Å². The van der Waals surface area contributed by atoms with Gasteiger partial charge in [0.1, 0.15) is 0 Å². The molecule has 28 heavy (non-hydrogen) atoms. The third-order valence-electron chi connectivity index (χ3n) is 4.91. The van der Waals surface area contributed by atoms with Gasteiger partial charge in [-0.15, -0.1) is 10.2 Å². The number of likely N-dealkylation sites (tertiary alicyclic amines) is 1. The van der Waals surface area contributed by atoms with Crippen LogP contribution in [-0.2, 0) is 16.0 Å². The topological polar surface area (TPSA) is 67.3 Å². The summed E-state index contributed by atoms with van der Waals surface area (Å²) in [5.74, 6) is 0.866. The molecule has 8 heteroatoms. The molecule has 1 amide bonds. The SMILES string of the molecule is COCCNc1nnc(SC(C)C(=O)N2CCC(Cc3ccccc3)CC2)s1. The lowest BCUT2D eigenvalue weighted by Crippen LogP contribution is -2.42. The van der Waals surface area contributed by atoms with Crippen LogP contribution < -0.4 is 5.32 Å². The van der Waals surface area contributed by atoms with E-state index in [0.717, 1.165) is 41.8 Å². The van der Waals surface area contributed by atoms with Crippen LogP contribution in [-0.4, -0.2) is 59.6 Å². The Bertz CT molecular complexity index is 733. The van der Waals surface area contributed by atoms with Crippen molar-refractivity contribution >= 4 is 34.1 Å². The van der Waals surface area contributed by atoms with E-state index >= 15 is 0 Å².